The summed E-state index contributed by atoms with van der Waals surface area (Å²) >= 11 is 0. The number of rotatable bonds is 7. The molecule has 0 amide bonds. The fourth-order valence-electron chi connectivity index (χ4n) is 2.31. The van der Waals surface area contributed by atoms with E-state index in [4.69, 9.17) is 9.84 Å². The molecule has 17 heavy (non-hydrogen) atoms. The van der Waals surface area contributed by atoms with Gasteiger partial charge in [-0.15, -0.1) is 0 Å². The molecule has 1 fully saturated rings. The van der Waals surface area contributed by atoms with Crippen molar-refractivity contribution in [1.29, 1.82) is 0 Å². The van der Waals surface area contributed by atoms with Crippen molar-refractivity contribution in [3.8, 4) is 0 Å². The molecule has 0 radical (unpaired) electrons. The number of aliphatic hydroxyl groups excluding tert-OH is 1. The number of ether oxygens (including phenoxy) is 1. The average molecular weight is 240 g/mol. The summed E-state index contributed by atoms with van der Waals surface area (Å²) in [6, 6.07) is 0. The number of carbonyl (C=O) groups excluding carboxylic acids is 1. The van der Waals surface area contributed by atoms with Crippen LogP contribution in [-0.4, -0.2) is 23.3 Å². The van der Waals surface area contributed by atoms with Crippen molar-refractivity contribution in [1.82, 2.24) is 0 Å². The van der Waals surface area contributed by atoms with Gasteiger partial charge >= 0.3 is 5.97 Å². The minimum atomic E-state index is -0.265. The van der Waals surface area contributed by atoms with Crippen LogP contribution in [-0.2, 0) is 9.53 Å². The first kappa shape index (κ1) is 14.2. The van der Waals surface area contributed by atoms with Crippen molar-refractivity contribution in [2.75, 3.05) is 6.61 Å². The van der Waals surface area contributed by atoms with E-state index in [0.717, 1.165) is 38.5 Å². The van der Waals surface area contributed by atoms with E-state index in [-0.39, 0.29) is 18.2 Å². The van der Waals surface area contributed by atoms with Crippen molar-refractivity contribution in [3.05, 3.63) is 12.2 Å². The second-order valence-electron chi connectivity index (χ2n) is 5.21. The molecule has 2 atom stereocenters. The van der Waals surface area contributed by atoms with Crippen LogP contribution in [0.2, 0.25) is 0 Å². The fourth-order valence-corrected chi connectivity index (χ4v) is 2.31. The maximum absolute atomic E-state index is 11.6. The molecule has 0 aliphatic heterocycles. The number of esters is 1. The highest BCUT2D eigenvalue weighted by molar-refractivity contribution is 5.87. The maximum atomic E-state index is 11.6. The lowest BCUT2D eigenvalue weighted by atomic mass is 9.67. The van der Waals surface area contributed by atoms with E-state index >= 15 is 0 Å². The third kappa shape index (κ3) is 3.56. The number of unbranched alkanes of at least 4 members (excludes halogenated alkanes) is 2. The molecule has 0 heterocycles. The fraction of sp³-hybridized carbons (Fsp3) is 0.786. The van der Waals surface area contributed by atoms with Crippen molar-refractivity contribution in [2.45, 2.75) is 58.0 Å². The zero-order valence-electron chi connectivity index (χ0n) is 11.0. The normalized spacial score (nSPS) is 27.4. The van der Waals surface area contributed by atoms with Crippen molar-refractivity contribution in [3.63, 3.8) is 0 Å². The van der Waals surface area contributed by atoms with E-state index in [2.05, 4.69) is 13.5 Å². The highest BCUT2D eigenvalue weighted by Crippen LogP contribution is 2.45. The van der Waals surface area contributed by atoms with Crippen LogP contribution in [0.25, 0.3) is 0 Å². The highest BCUT2D eigenvalue weighted by Gasteiger charge is 2.46. The van der Waals surface area contributed by atoms with Gasteiger partial charge < -0.3 is 9.84 Å². The standard InChI is InChI=1S/C14H24O3/c1-11(2)13(16)17-14(9-7-12(14)3)8-5-4-6-10-15/h12,15H,1,4-10H2,2-3H3. The van der Waals surface area contributed by atoms with Gasteiger partial charge in [-0.1, -0.05) is 19.9 Å². The minimum absolute atomic E-state index is 0.244. The van der Waals surface area contributed by atoms with E-state index < -0.39 is 0 Å². The zero-order chi connectivity index (χ0) is 12.9. The molecule has 2 unspecified atom stereocenters. The molecule has 0 spiro atoms. The largest absolute Gasteiger partial charge is 0.455 e. The van der Waals surface area contributed by atoms with E-state index in [1.165, 1.54) is 0 Å². The number of hydrogen-bond donors (Lipinski definition) is 1. The molecule has 1 aliphatic rings. The topological polar surface area (TPSA) is 46.5 Å². The van der Waals surface area contributed by atoms with Gasteiger partial charge in [0, 0.05) is 12.2 Å². The molecule has 0 bridgehead atoms. The summed E-state index contributed by atoms with van der Waals surface area (Å²) in [4.78, 5) is 11.6. The lowest BCUT2D eigenvalue weighted by Gasteiger charge is -2.47. The molecule has 0 saturated heterocycles. The van der Waals surface area contributed by atoms with Crippen LogP contribution in [0.4, 0.5) is 0 Å². The Morgan fingerprint density at radius 2 is 2.18 bits per heavy atom. The van der Waals surface area contributed by atoms with Gasteiger partial charge in [0.2, 0.25) is 0 Å². The Kier molecular flexibility index (Phi) is 5.19. The van der Waals surface area contributed by atoms with Gasteiger partial charge in [-0.2, -0.15) is 0 Å². The monoisotopic (exact) mass is 240 g/mol. The summed E-state index contributed by atoms with van der Waals surface area (Å²) in [6.07, 6.45) is 5.84. The van der Waals surface area contributed by atoms with Crippen LogP contribution in [0.1, 0.15) is 52.4 Å². The maximum Gasteiger partial charge on any atom is 0.333 e. The summed E-state index contributed by atoms with van der Waals surface area (Å²) in [5.41, 5.74) is 0.213. The van der Waals surface area contributed by atoms with Gasteiger partial charge in [-0.05, 0) is 44.9 Å². The van der Waals surface area contributed by atoms with Crippen LogP contribution < -0.4 is 0 Å². The summed E-state index contributed by atoms with van der Waals surface area (Å²) in [5, 5.41) is 8.74. The number of hydrogen-bond acceptors (Lipinski definition) is 3. The SMILES string of the molecule is C=C(C)C(=O)OC1(CCCCCO)CCC1C. The molecule has 3 nitrogen and oxygen atoms in total. The van der Waals surface area contributed by atoms with Crippen molar-refractivity contribution in [2.24, 2.45) is 5.92 Å². The number of carbonyl (C=O) groups is 1. The van der Waals surface area contributed by atoms with E-state index in [9.17, 15) is 4.79 Å². The van der Waals surface area contributed by atoms with Crippen LogP contribution in [0.5, 0.6) is 0 Å². The molecule has 98 valence electrons. The summed E-state index contributed by atoms with van der Waals surface area (Å²) < 4.78 is 5.63. The van der Waals surface area contributed by atoms with Crippen molar-refractivity contribution < 1.29 is 14.6 Å². The number of aliphatic hydroxyl groups is 1. The highest BCUT2D eigenvalue weighted by atomic mass is 16.6. The summed E-state index contributed by atoms with van der Waals surface area (Å²) in [5.74, 6) is 0.179. The minimum Gasteiger partial charge on any atom is -0.455 e. The zero-order valence-corrected chi connectivity index (χ0v) is 11.0. The third-order valence-corrected chi connectivity index (χ3v) is 3.80. The van der Waals surface area contributed by atoms with Crippen LogP contribution >= 0.6 is 0 Å². The van der Waals surface area contributed by atoms with E-state index in [1.54, 1.807) is 6.92 Å². The molecule has 1 saturated carbocycles. The van der Waals surface area contributed by atoms with E-state index in [1.807, 2.05) is 0 Å². The smallest absolute Gasteiger partial charge is 0.333 e. The van der Waals surface area contributed by atoms with Gasteiger partial charge in [-0.25, -0.2) is 4.79 Å². The van der Waals surface area contributed by atoms with Gasteiger partial charge in [0.05, 0.1) is 0 Å². The lowest BCUT2D eigenvalue weighted by molar-refractivity contribution is -0.177. The molecule has 0 aromatic carbocycles. The molecule has 1 aliphatic carbocycles. The Morgan fingerprint density at radius 3 is 2.59 bits per heavy atom. The van der Waals surface area contributed by atoms with Crippen LogP contribution in [0.15, 0.2) is 12.2 Å². The van der Waals surface area contributed by atoms with Crippen LogP contribution in [0.3, 0.4) is 0 Å². The molecular weight excluding hydrogens is 216 g/mol. The Labute approximate surface area is 104 Å². The Balaban J connectivity index is 2.46. The molecule has 0 aromatic rings. The molecule has 3 heteroatoms. The quantitative estimate of drug-likeness (QED) is 0.423. The third-order valence-electron chi connectivity index (χ3n) is 3.80. The lowest BCUT2D eigenvalue weighted by Crippen LogP contribution is -2.49. The average Bonchev–Trinajstić information content (AvgIpc) is 2.30. The first-order valence-corrected chi connectivity index (χ1v) is 6.51. The van der Waals surface area contributed by atoms with Gasteiger partial charge in [-0.3, -0.25) is 0 Å². The van der Waals surface area contributed by atoms with Gasteiger partial charge in [0.25, 0.3) is 0 Å². The second kappa shape index (κ2) is 6.20. The molecule has 0 aromatic heterocycles. The second-order valence-corrected chi connectivity index (χ2v) is 5.21. The Hall–Kier alpha value is -0.830. The first-order valence-electron chi connectivity index (χ1n) is 6.51. The van der Waals surface area contributed by atoms with Crippen molar-refractivity contribution >= 4 is 5.97 Å². The van der Waals surface area contributed by atoms with Crippen LogP contribution in [0, 0.1) is 5.92 Å². The molecular formula is C14H24O3. The molecule has 1 N–H and O–H groups in total. The molecule has 1 rings (SSSR count). The van der Waals surface area contributed by atoms with Gasteiger partial charge in [0.1, 0.15) is 5.60 Å². The summed E-state index contributed by atoms with van der Waals surface area (Å²) in [6.45, 7) is 7.69. The predicted molar refractivity (Wildman–Crippen MR) is 67.6 cm³/mol. The van der Waals surface area contributed by atoms with Gasteiger partial charge in [0.15, 0.2) is 0 Å². The first-order chi connectivity index (χ1) is 8.02. The Bertz CT molecular complexity index is 285. The predicted octanol–water partition coefficient (Wildman–Crippen LogP) is 2.83. The van der Waals surface area contributed by atoms with E-state index in [0.29, 0.717) is 11.5 Å². The Morgan fingerprint density at radius 1 is 1.47 bits per heavy atom. The summed E-state index contributed by atoms with van der Waals surface area (Å²) in [7, 11) is 0.